The molecule has 2 fully saturated rings. The Morgan fingerprint density at radius 2 is 1.38 bits per heavy atom. The van der Waals surface area contributed by atoms with Gasteiger partial charge in [-0.15, -0.1) is 0 Å². The van der Waals surface area contributed by atoms with Crippen molar-refractivity contribution in [3.63, 3.8) is 0 Å². The fraction of sp³-hybridized carbons (Fsp3) is 0.333. The Hall–Kier alpha value is -2.15. The van der Waals surface area contributed by atoms with Gasteiger partial charge in [-0.2, -0.15) is 0 Å². The highest BCUT2D eigenvalue weighted by Gasteiger charge is 2.53. The third-order valence-electron chi connectivity index (χ3n) is 5.89. The maximum Gasteiger partial charge on any atom is 0.137 e. The lowest BCUT2D eigenvalue weighted by atomic mass is 10.0. The van der Waals surface area contributed by atoms with Gasteiger partial charge in [0.15, 0.2) is 0 Å². The standard InChI is InChI=1S/C27H28O4S/c1-19-12-14-22(15-13-19)32-27-26(29-17-21-10-6-3-7-11-21)25-24(23(31-27)18-30-25)28-16-20-8-4-2-5-9-20/h2-15,23-27H,16-18H2,1H3/t23-,24+,25+,26-,27+/m1/s1. The average molecular weight is 449 g/mol. The van der Waals surface area contributed by atoms with Gasteiger partial charge >= 0.3 is 0 Å². The first-order valence-corrected chi connectivity index (χ1v) is 12.0. The van der Waals surface area contributed by atoms with Crippen LogP contribution in [-0.4, -0.2) is 36.5 Å². The molecule has 0 N–H and O–H groups in total. The van der Waals surface area contributed by atoms with Gasteiger partial charge in [0.25, 0.3) is 0 Å². The second kappa shape index (κ2) is 10.2. The highest BCUT2D eigenvalue weighted by molar-refractivity contribution is 7.99. The molecule has 5 heteroatoms. The maximum absolute atomic E-state index is 6.50. The van der Waals surface area contributed by atoms with Crippen molar-refractivity contribution in [1.82, 2.24) is 0 Å². The Balaban J connectivity index is 1.32. The van der Waals surface area contributed by atoms with Crippen molar-refractivity contribution in [3.8, 4) is 0 Å². The molecule has 2 heterocycles. The highest BCUT2D eigenvalue weighted by atomic mass is 32.2. The number of ether oxygens (including phenoxy) is 4. The van der Waals surface area contributed by atoms with Crippen molar-refractivity contribution < 1.29 is 18.9 Å². The molecular formula is C27H28O4S. The van der Waals surface area contributed by atoms with Gasteiger partial charge in [-0.1, -0.05) is 90.1 Å². The third kappa shape index (κ3) is 5.08. The van der Waals surface area contributed by atoms with Gasteiger partial charge in [0.05, 0.1) is 19.8 Å². The van der Waals surface area contributed by atoms with E-state index >= 15 is 0 Å². The predicted octanol–water partition coefficient (Wildman–Crippen LogP) is 5.38. The van der Waals surface area contributed by atoms with Gasteiger partial charge in [-0.25, -0.2) is 0 Å². The van der Waals surface area contributed by atoms with Crippen LogP contribution < -0.4 is 0 Å². The molecule has 0 saturated carbocycles. The Kier molecular flexibility index (Phi) is 6.91. The number of benzene rings is 3. The van der Waals surface area contributed by atoms with E-state index in [1.165, 1.54) is 5.56 Å². The number of rotatable bonds is 8. The van der Waals surface area contributed by atoms with Crippen LogP contribution in [-0.2, 0) is 32.2 Å². The van der Waals surface area contributed by atoms with Crippen LogP contribution in [0.3, 0.4) is 0 Å². The van der Waals surface area contributed by atoms with Crippen molar-refractivity contribution in [2.75, 3.05) is 6.61 Å². The Labute approximate surface area is 193 Å². The Morgan fingerprint density at radius 3 is 2.00 bits per heavy atom. The van der Waals surface area contributed by atoms with Gasteiger partial charge in [-0.3, -0.25) is 0 Å². The summed E-state index contributed by atoms with van der Waals surface area (Å²) in [5, 5.41) is 0. The molecule has 5 rings (SSSR count). The summed E-state index contributed by atoms with van der Waals surface area (Å²) in [7, 11) is 0. The zero-order valence-corrected chi connectivity index (χ0v) is 18.9. The van der Waals surface area contributed by atoms with Crippen LogP contribution in [0.15, 0.2) is 89.8 Å². The molecule has 3 aromatic carbocycles. The van der Waals surface area contributed by atoms with Crippen LogP contribution in [0.2, 0.25) is 0 Å². The van der Waals surface area contributed by atoms with Gasteiger partial charge in [0, 0.05) is 4.90 Å². The Bertz CT molecular complexity index is 980. The zero-order chi connectivity index (χ0) is 21.8. The van der Waals surface area contributed by atoms with Gasteiger partial charge in [0.2, 0.25) is 0 Å². The maximum atomic E-state index is 6.50. The van der Waals surface area contributed by atoms with E-state index in [1.807, 2.05) is 36.4 Å². The van der Waals surface area contributed by atoms with E-state index in [1.54, 1.807) is 11.8 Å². The molecular weight excluding hydrogens is 420 g/mol. The molecule has 0 aliphatic carbocycles. The van der Waals surface area contributed by atoms with Crippen molar-refractivity contribution in [2.24, 2.45) is 0 Å². The van der Waals surface area contributed by atoms with Crippen molar-refractivity contribution >= 4 is 11.8 Å². The SMILES string of the molecule is Cc1ccc(S[C@@H]2O[C@@H]3CO[C@@H]([C@H]3OCc3ccccc3)[C@H]2OCc2ccccc2)cc1. The average Bonchev–Trinajstić information content (AvgIpc) is 3.13. The molecule has 2 saturated heterocycles. The lowest BCUT2D eigenvalue weighted by molar-refractivity contribution is -0.182. The number of thioether (sulfide) groups is 1. The largest absolute Gasteiger partial charge is 0.370 e. The molecule has 2 bridgehead atoms. The number of hydrogen-bond acceptors (Lipinski definition) is 5. The summed E-state index contributed by atoms with van der Waals surface area (Å²) in [6, 6.07) is 29.0. The fourth-order valence-corrected chi connectivity index (χ4v) is 5.29. The molecule has 32 heavy (non-hydrogen) atoms. The minimum atomic E-state index is -0.235. The first kappa shape index (κ1) is 21.7. The molecule has 0 spiro atoms. The molecule has 4 nitrogen and oxygen atoms in total. The quantitative estimate of drug-likeness (QED) is 0.462. The lowest BCUT2D eigenvalue weighted by Gasteiger charge is -2.39. The molecule has 0 aromatic heterocycles. The van der Waals surface area contributed by atoms with Crippen LogP contribution >= 0.6 is 11.8 Å². The molecule has 2 aliphatic rings. The summed E-state index contributed by atoms with van der Waals surface area (Å²) in [6.07, 6.45) is -0.640. The second-order valence-electron chi connectivity index (χ2n) is 8.29. The lowest BCUT2D eigenvalue weighted by Crippen LogP contribution is -2.53. The number of fused-ring (bicyclic) bond motifs is 2. The summed E-state index contributed by atoms with van der Waals surface area (Å²) < 4.78 is 25.4. The molecule has 0 amide bonds. The molecule has 0 radical (unpaired) electrons. The van der Waals surface area contributed by atoms with Crippen molar-refractivity contribution in [3.05, 3.63) is 102 Å². The minimum absolute atomic E-state index is 0.0942. The topological polar surface area (TPSA) is 36.9 Å². The highest BCUT2D eigenvalue weighted by Crippen LogP contribution is 2.40. The molecule has 0 unspecified atom stereocenters. The summed E-state index contributed by atoms with van der Waals surface area (Å²) >= 11 is 1.70. The fourth-order valence-electron chi connectivity index (χ4n) is 4.17. The van der Waals surface area contributed by atoms with E-state index in [2.05, 4.69) is 55.5 Å². The van der Waals surface area contributed by atoms with E-state index in [-0.39, 0.29) is 29.9 Å². The normalized spacial score (nSPS) is 26.8. The first-order chi connectivity index (χ1) is 15.8. The summed E-state index contributed by atoms with van der Waals surface area (Å²) in [5.41, 5.74) is 3.36. The van der Waals surface area contributed by atoms with Gasteiger partial charge in [0.1, 0.15) is 29.9 Å². The van der Waals surface area contributed by atoms with Crippen LogP contribution in [0.4, 0.5) is 0 Å². The molecule has 3 aromatic rings. The van der Waals surface area contributed by atoms with Crippen LogP contribution in [0.25, 0.3) is 0 Å². The predicted molar refractivity (Wildman–Crippen MR) is 125 cm³/mol. The van der Waals surface area contributed by atoms with Crippen LogP contribution in [0.1, 0.15) is 16.7 Å². The van der Waals surface area contributed by atoms with E-state index in [0.29, 0.717) is 19.8 Å². The van der Waals surface area contributed by atoms with E-state index in [9.17, 15) is 0 Å². The van der Waals surface area contributed by atoms with Gasteiger partial charge in [-0.05, 0) is 30.2 Å². The van der Waals surface area contributed by atoms with Crippen molar-refractivity contribution in [1.29, 1.82) is 0 Å². The first-order valence-electron chi connectivity index (χ1n) is 11.1. The zero-order valence-electron chi connectivity index (χ0n) is 18.1. The van der Waals surface area contributed by atoms with E-state index in [4.69, 9.17) is 18.9 Å². The molecule has 5 atom stereocenters. The third-order valence-corrected chi connectivity index (χ3v) is 7.04. The van der Waals surface area contributed by atoms with Crippen LogP contribution in [0.5, 0.6) is 0 Å². The summed E-state index contributed by atoms with van der Waals surface area (Å²) in [5.74, 6) is 0. The molecule has 2 aliphatic heterocycles. The monoisotopic (exact) mass is 448 g/mol. The summed E-state index contributed by atoms with van der Waals surface area (Å²) in [6.45, 7) is 3.67. The number of aryl methyl sites for hydroxylation is 1. The minimum Gasteiger partial charge on any atom is -0.370 e. The smallest absolute Gasteiger partial charge is 0.137 e. The van der Waals surface area contributed by atoms with E-state index < -0.39 is 0 Å². The Morgan fingerprint density at radius 1 is 0.781 bits per heavy atom. The van der Waals surface area contributed by atoms with E-state index in [0.717, 1.165) is 16.0 Å². The van der Waals surface area contributed by atoms with Crippen LogP contribution in [0, 0.1) is 6.92 Å². The molecule has 166 valence electrons. The van der Waals surface area contributed by atoms with Gasteiger partial charge < -0.3 is 18.9 Å². The second-order valence-corrected chi connectivity index (χ2v) is 9.47. The van der Waals surface area contributed by atoms with Crippen molar-refractivity contribution in [2.45, 2.75) is 54.9 Å². The number of hydrogen-bond donors (Lipinski definition) is 0. The summed E-state index contributed by atoms with van der Waals surface area (Å²) in [4.78, 5) is 1.16.